The molecule has 2 fully saturated rings. The predicted octanol–water partition coefficient (Wildman–Crippen LogP) is 0.868. The van der Waals surface area contributed by atoms with Crippen molar-refractivity contribution in [2.75, 3.05) is 24.5 Å². The number of halogens is 1. The van der Waals surface area contributed by atoms with Crippen molar-refractivity contribution >= 4 is 17.3 Å². The number of aryl methyl sites for hydroxylation is 1. The normalized spacial score (nSPS) is 29.8. The molecular weight excluding hydrogens is 264 g/mol. The standard InChI is InChI=1S/C13H19ClN4O/c1-3-10-9-5-15-4-8(9)7-18(10)11-6-16-17(2)13(19)12(11)14/h6,8-10,15H,3-5,7H2,1-2H3. The van der Waals surface area contributed by atoms with Crippen molar-refractivity contribution in [2.45, 2.75) is 19.4 Å². The highest BCUT2D eigenvalue weighted by molar-refractivity contribution is 6.33. The van der Waals surface area contributed by atoms with E-state index in [1.807, 2.05) is 0 Å². The van der Waals surface area contributed by atoms with Gasteiger partial charge in [-0.05, 0) is 18.3 Å². The second-order valence-electron chi connectivity index (χ2n) is 5.48. The van der Waals surface area contributed by atoms with Crippen LogP contribution in [0.3, 0.4) is 0 Å². The van der Waals surface area contributed by atoms with Gasteiger partial charge in [-0.1, -0.05) is 18.5 Å². The summed E-state index contributed by atoms with van der Waals surface area (Å²) in [6.45, 7) is 5.29. The van der Waals surface area contributed by atoms with Crippen molar-refractivity contribution in [3.8, 4) is 0 Å². The summed E-state index contributed by atoms with van der Waals surface area (Å²) in [6, 6.07) is 0.450. The Morgan fingerprint density at radius 2 is 2.32 bits per heavy atom. The smallest absolute Gasteiger partial charge is 0.287 e. The molecule has 6 heteroatoms. The molecule has 1 N–H and O–H groups in total. The van der Waals surface area contributed by atoms with Crippen molar-refractivity contribution in [3.63, 3.8) is 0 Å². The summed E-state index contributed by atoms with van der Waals surface area (Å²) in [5.74, 6) is 1.31. The highest BCUT2D eigenvalue weighted by atomic mass is 35.5. The van der Waals surface area contributed by atoms with Gasteiger partial charge in [-0.3, -0.25) is 4.79 Å². The first-order chi connectivity index (χ1) is 9.13. The Bertz CT molecular complexity index is 544. The van der Waals surface area contributed by atoms with Gasteiger partial charge >= 0.3 is 0 Å². The highest BCUT2D eigenvalue weighted by Crippen LogP contribution is 2.38. The Hall–Kier alpha value is -1.07. The van der Waals surface area contributed by atoms with Crippen LogP contribution in [0, 0.1) is 11.8 Å². The largest absolute Gasteiger partial charge is 0.365 e. The van der Waals surface area contributed by atoms with E-state index in [0.717, 1.165) is 31.7 Å². The second-order valence-corrected chi connectivity index (χ2v) is 5.86. The van der Waals surface area contributed by atoms with Gasteiger partial charge in [0.25, 0.3) is 5.56 Å². The van der Waals surface area contributed by atoms with Crippen LogP contribution in [0.5, 0.6) is 0 Å². The summed E-state index contributed by atoms with van der Waals surface area (Å²) in [6.07, 6.45) is 2.79. The lowest BCUT2D eigenvalue weighted by Crippen LogP contribution is -2.36. The third-order valence-electron chi connectivity index (χ3n) is 4.51. The summed E-state index contributed by atoms with van der Waals surface area (Å²) in [4.78, 5) is 14.2. The monoisotopic (exact) mass is 282 g/mol. The minimum Gasteiger partial charge on any atom is -0.365 e. The van der Waals surface area contributed by atoms with Gasteiger partial charge in [-0.15, -0.1) is 0 Å². The molecule has 3 unspecified atom stereocenters. The van der Waals surface area contributed by atoms with Crippen LogP contribution < -0.4 is 15.8 Å². The van der Waals surface area contributed by atoms with Gasteiger partial charge in [0.1, 0.15) is 5.02 Å². The van der Waals surface area contributed by atoms with Gasteiger partial charge in [0.2, 0.25) is 0 Å². The molecular formula is C13H19ClN4O. The van der Waals surface area contributed by atoms with Crippen LogP contribution in [0.4, 0.5) is 5.69 Å². The molecule has 5 nitrogen and oxygen atoms in total. The van der Waals surface area contributed by atoms with Crippen molar-refractivity contribution in [1.82, 2.24) is 15.1 Å². The van der Waals surface area contributed by atoms with Crippen molar-refractivity contribution in [3.05, 3.63) is 21.6 Å². The van der Waals surface area contributed by atoms with Crippen LogP contribution in [-0.2, 0) is 7.05 Å². The van der Waals surface area contributed by atoms with Gasteiger partial charge in [-0.2, -0.15) is 5.10 Å². The Morgan fingerprint density at radius 3 is 3.05 bits per heavy atom. The van der Waals surface area contributed by atoms with Crippen LogP contribution in [0.15, 0.2) is 11.0 Å². The predicted molar refractivity (Wildman–Crippen MR) is 75.8 cm³/mol. The topological polar surface area (TPSA) is 50.2 Å². The molecule has 1 aromatic heterocycles. The average molecular weight is 283 g/mol. The van der Waals surface area contributed by atoms with E-state index in [9.17, 15) is 4.79 Å². The van der Waals surface area contributed by atoms with E-state index in [1.165, 1.54) is 4.68 Å². The van der Waals surface area contributed by atoms with E-state index in [2.05, 4.69) is 22.2 Å². The van der Waals surface area contributed by atoms with Crippen LogP contribution in [0.2, 0.25) is 5.02 Å². The maximum atomic E-state index is 11.9. The summed E-state index contributed by atoms with van der Waals surface area (Å²) >= 11 is 6.23. The van der Waals surface area contributed by atoms with E-state index in [0.29, 0.717) is 22.9 Å². The van der Waals surface area contributed by atoms with Crippen LogP contribution >= 0.6 is 11.6 Å². The fraction of sp³-hybridized carbons (Fsp3) is 0.692. The zero-order chi connectivity index (χ0) is 13.6. The quantitative estimate of drug-likeness (QED) is 0.874. The first kappa shape index (κ1) is 12.9. The molecule has 0 saturated carbocycles. The fourth-order valence-electron chi connectivity index (χ4n) is 3.53. The molecule has 3 heterocycles. The number of rotatable bonds is 2. The molecule has 2 aliphatic rings. The number of anilines is 1. The van der Waals surface area contributed by atoms with Crippen molar-refractivity contribution < 1.29 is 0 Å². The zero-order valence-electron chi connectivity index (χ0n) is 11.3. The Morgan fingerprint density at radius 1 is 1.53 bits per heavy atom. The van der Waals surface area contributed by atoms with E-state index in [-0.39, 0.29) is 5.56 Å². The zero-order valence-corrected chi connectivity index (χ0v) is 12.0. The number of fused-ring (bicyclic) bond motifs is 1. The molecule has 0 bridgehead atoms. The molecule has 0 radical (unpaired) electrons. The van der Waals surface area contributed by atoms with Gasteiger partial charge in [0.05, 0.1) is 11.9 Å². The molecule has 3 atom stereocenters. The minimum atomic E-state index is -0.218. The van der Waals surface area contributed by atoms with E-state index in [4.69, 9.17) is 11.6 Å². The van der Waals surface area contributed by atoms with Crippen molar-refractivity contribution in [1.29, 1.82) is 0 Å². The van der Waals surface area contributed by atoms with Crippen LogP contribution in [0.1, 0.15) is 13.3 Å². The van der Waals surface area contributed by atoms with Crippen LogP contribution in [-0.4, -0.2) is 35.5 Å². The second kappa shape index (κ2) is 4.80. The first-order valence-electron chi connectivity index (χ1n) is 6.82. The number of nitrogens with one attached hydrogen (secondary N) is 1. The van der Waals surface area contributed by atoms with Crippen LogP contribution in [0.25, 0.3) is 0 Å². The minimum absolute atomic E-state index is 0.218. The summed E-state index contributed by atoms with van der Waals surface area (Å²) in [5, 5.41) is 7.86. The number of hydrogen-bond donors (Lipinski definition) is 1. The number of hydrogen-bond acceptors (Lipinski definition) is 4. The van der Waals surface area contributed by atoms with Gasteiger partial charge < -0.3 is 10.2 Å². The summed E-state index contributed by atoms with van der Waals surface area (Å²) in [7, 11) is 1.62. The highest BCUT2D eigenvalue weighted by Gasteiger charge is 2.44. The lowest BCUT2D eigenvalue weighted by atomic mass is 9.93. The molecule has 0 amide bonds. The number of aromatic nitrogens is 2. The Balaban J connectivity index is 1.98. The number of nitrogens with zero attached hydrogens (tertiary/aromatic N) is 3. The Kier molecular flexibility index (Phi) is 3.27. The molecule has 0 aromatic carbocycles. The molecule has 2 aliphatic heterocycles. The molecule has 104 valence electrons. The summed E-state index contributed by atoms with van der Waals surface area (Å²) in [5.41, 5.74) is 0.579. The lowest BCUT2D eigenvalue weighted by Gasteiger charge is -2.29. The molecule has 0 aliphatic carbocycles. The fourth-order valence-corrected chi connectivity index (χ4v) is 3.80. The molecule has 19 heavy (non-hydrogen) atoms. The first-order valence-corrected chi connectivity index (χ1v) is 7.20. The third-order valence-corrected chi connectivity index (χ3v) is 4.86. The Labute approximate surface area is 117 Å². The molecule has 0 spiro atoms. The van der Waals surface area contributed by atoms with E-state index >= 15 is 0 Å². The molecule has 1 aromatic rings. The average Bonchev–Trinajstić information content (AvgIpc) is 2.96. The van der Waals surface area contributed by atoms with E-state index < -0.39 is 0 Å². The van der Waals surface area contributed by atoms with Gasteiger partial charge in [0.15, 0.2) is 0 Å². The lowest BCUT2D eigenvalue weighted by molar-refractivity contribution is 0.442. The van der Waals surface area contributed by atoms with Gasteiger partial charge in [0, 0.05) is 32.7 Å². The van der Waals surface area contributed by atoms with Crippen molar-refractivity contribution in [2.24, 2.45) is 18.9 Å². The maximum absolute atomic E-state index is 11.9. The molecule has 3 rings (SSSR count). The SMILES string of the molecule is CCC1C2CNCC2CN1c1cnn(C)c(=O)c1Cl. The van der Waals surface area contributed by atoms with Gasteiger partial charge in [-0.25, -0.2) is 4.68 Å². The third kappa shape index (κ3) is 1.96. The molecule has 2 saturated heterocycles. The maximum Gasteiger partial charge on any atom is 0.287 e. The van der Waals surface area contributed by atoms with E-state index in [1.54, 1.807) is 13.2 Å². The summed E-state index contributed by atoms with van der Waals surface area (Å²) < 4.78 is 1.28.